The highest BCUT2D eigenvalue weighted by Crippen LogP contribution is 2.47. The summed E-state index contributed by atoms with van der Waals surface area (Å²) in [5.41, 5.74) is 2.42. The van der Waals surface area contributed by atoms with Gasteiger partial charge < -0.3 is 0 Å². The SMILES string of the molecule is CC.CC.CC1=CCCC2(CCCCC2)C1. The van der Waals surface area contributed by atoms with E-state index < -0.39 is 0 Å². The standard InChI is InChI=1S/C12H20.2C2H6/c1-11-6-5-9-12(10-11)7-3-2-4-8-12;2*1-2/h6H,2-5,7-10H2,1H3;2*1-2H3. The second-order valence-electron chi connectivity index (χ2n) is 4.83. The second kappa shape index (κ2) is 8.84. The van der Waals surface area contributed by atoms with Gasteiger partial charge in [0.1, 0.15) is 0 Å². The van der Waals surface area contributed by atoms with Crippen LogP contribution in [0.3, 0.4) is 0 Å². The summed E-state index contributed by atoms with van der Waals surface area (Å²) in [5, 5.41) is 0. The van der Waals surface area contributed by atoms with Crippen molar-refractivity contribution in [1.29, 1.82) is 0 Å². The van der Waals surface area contributed by atoms with Crippen LogP contribution in [0, 0.1) is 5.41 Å². The number of rotatable bonds is 0. The summed E-state index contributed by atoms with van der Waals surface area (Å²) < 4.78 is 0. The smallest absolute Gasteiger partial charge is 0.0257 e. The molecule has 16 heavy (non-hydrogen) atoms. The van der Waals surface area contributed by atoms with Crippen LogP contribution >= 0.6 is 0 Å². The van der Waals surface area contributed by atoms with Crippen molar-refractivity contribution in [3.63, 3.8) is 0 Å². The Kier molecular flexibility index (Phi) is 8.70. The molecule has 0 unspecified atom stereocenters. The molecule has 2 aliphatic rings. The molecule has 0 nitrogen and oxygen atoms in total. The zero-order valence-corrected chi connectivity index (χ0v) is 12.2. The number of hydrogen-bond acceptors (Lipinski definition) is 0. The van der Waals surface area contributed by atoms with Crippen molar-refractivity contribution in [1.82, 2.24) is 0 Å². The van der Waals surface area contributed by atoms with Crippen LogP contribution in [0.4, 0.5) is 0 Å². The van der Waals surface area contributed by atoms with Crippen LogP contribution in [0.1, 0.15) is 86.0 Å². The molecule has 2 rings (SSSR count). The van der Waals surface area contributed by atoms with Crippen molar-refractivity contribution >= 4 is 0 Å². The highest BCUT2D eigenvalue weighted by Gasteiger charge is 2.32. The predicted octanol–water partition coefficient (Wildman–Crippen LogP) is 6.12. The van der Waals surface area contributed by atoms with Crippen LogP contribution in [0.2, 0.25) is 0 Å². The first-order valence-electron chi connectivity index (χ1n) is 7.46. The fourth-order valence-corrected chi connectivity index (χ4v) is 3.11. The maximum Gasteiger partial charge on any atom is -0.0257 e. The maximum absolute atomic E-state index is 2.44. The molecule has 96 valence electrons. The average molecular weight is 224 g/mol. The van der Waals surface area contributed by atoms with E-state index in [9.17, 15) is 0 Å². The molecule has 1 fully saturated rings. The summed E-state index contributed by atoms with van der Waals surface area (Å²) in [4.78, 5) is 0. The summed E-state index contributed by atoms with van der Waals surface area (Å²) in [6.45, 7) is 10.3. The topological polar surface area (TPSA) is 0 Å². The van der Waals surface area contributed by atoms with Gasteiger partial charge in [-0.2, -0.15) is 0 Å². The third-order valence-electron chi connectivity index (χ3n) is 3.74. The molecule has 0 aromatic rings. The first-order valence-corrected chi connectivity index (χ1v) is 7.46. The monoisotopic (exact) mass is 224 g/mol. The van der Waals surface area contributed by atoms with Gasteiger partial charge in [0.25, 0.3) is 0 Å². The van der Waals surface area contributed by atoms with Crippen LogP contribution in [0.5, 0.6) is 0 Å². The molecule has 0 N–H and O–H groups in total. The Morgan fingerprint density at radius 1 is 0.875 bits per heavy atom. The number of hydrogen-bond donors (Lipinski definition) is 0. The van der Waals surface area contributed by atoms with Gasteiger partial charge in [-0.15, -0.1) is 0 Å². The normalized spacial score (nSPS) is 22.2. The van der Waals surface area contributed by atoms with Gasteiger partial charge in [-0.1, -0.05) is 58.6 Å². The molecule has 2 aliphatic carbocycles. The molecule has 0 atom stereocenters. The lowest BCUT2D eigenvalue weighted by molar-refractivity contribution is 0.165. The van der Waals surface area contributed by atoms with Gasteiger partial charge in [-0.05, 0) is 44.4 Å². The third-order valence-corrected chi connectivity index (χ3v) is 3.74. The van der Waals surface area contributed by atoms with Crippen molar-refractivity contribution in [2.75, 3.05) is 0 Å². The Labute approximate surface area is 104 Å². The fraction of sp³-hybridized carbons (Fsp3) is 0.875. The van der Waals surface area contributed by atoms with Crippen LogP contribution in [-0.4, -0.2) is 0 Å². The molecular formula is C16H32. The summed E-state index contributed by atoms with van der Waals surface area (Å²) >= 11 is 0. The van der Waals surface area contributed by atoms with E-state index >= 15 is 0 Å². The van der Waals surface area contributed by atoms with E-state index in [1.54, 1.807) is 5.57 Å². The van der Waals surface area contributed by atoms with Crippen LogP contribution in [0.25, 0.3) is 0 Å². The van der Waals surface area contributed by atoms with Gasteiger partial charge in [-0.25, -0.2) is 0 Å². The molecule has 0 radical (unpaired) electrons. The van der Waals surface area contributed by atoms with Crippen molar-refractivity contribution in [3.05, 3.63) is 11.6 Å². The molecular weight excluding hydrogens is 192 g/mol. The van der Waals surface area contributed by atoms with E-state index in [4.69, 9.17) is 0 Å². The summed E-state index contributed by atoms with van der Waals surface area (Å²) in [6, 6.07) is 0. The Bertz CT molecular complexity index is 182. The summed E-state index contributed by atoms with van der Waals surface area (Å²) in [5.74, 6) is 0. The maximum atomic E-state index is 2.44. The Morgan fingerprint density at radius 3 is 1.94 bits per heavy atom. The molecule has 0 aromatic carbocycles. The zero-order chi connectivity index (χ0) is 12.4. The Hall–Kier alpha value is -0.260. The minimum Gasteiger partial charge on any atom is -0.0856 e. The fourth-order valence-electron chi connectivity index (χ4n) is 3.11. The first-order chi connectivity index (χ1) is 7.81. The third kappa shape index (κ3) is 4.72. The highest BCUT2D eigenvalue weighted by atomic mass is 14.4. The summed E-state index contributed by atoms with van der Waals surface area (Å²) in [7, 11) is 0. The van der Waals surface area contributed by atoms with Gasteiger partial charge >= 0.3 is 0 Å². The van der Waals surface area contributed by atoms with Gasteiger partial charge in [-0.3, -0.25) is 0 Å². The van der Waals surface area contributed by atoms with Crippen LogP contribution in [-0.2, 0) is 0 Å². The van der Waals surface area contributed by atoms with E-state index in [1.807, 2.05) is 27.7 Å². The van der Waals surface area contributed by atoms with Gasteiger partial charge in [0.05, 0.1) is 0 Å². The molecule has 1 spiro atoms. The second-order valence-corrected chi connectivity index (χ2v) is 4.83. The van der Waals surface area contributed by atoms with E-state index in [0.29, 0.717) is 0 Å². The lowest BCUT2D eigenvalue weighted by atomic mass is 9.66. The lowest BCUT2D eigenvalue weighted by Crippen LogP contribution is -2.26. The van der Waals surface area contributed by atoms with Gasteiger partial charge in [0, 0.05) is 0 Å². The van der Waals surface area contributed by atoms with E-state index in [-0.39, 0.29) is 0 Å². The minimum atomic E-state index is 0.761. The average Bonchev–Trinajstić information content (AvgIpc) is 2.35. The number of allylic oxidation sites excluding steroid dienone is 2. The highest BCUT2D eigenvalue weighted by molar-refractivity contribution is 5.08. The zero-order valence-electron chi connectivity index (χ0n) is 12.2. The van der Waals surface area contributed by atoms with Crippen molar-refractivity contribution in [2.45, 2.75) is 86.0 Å². The largest absolute Gasteiger partial charge is 0.0856 e. The first kappa shape index (κ1) is 15.7. The van der Waals surface area contributed by atoms with E-state index in [1.165, 1.54) is 51.4 Å². The van der Waals surface area contributed by atoms with E-state index in [0.717, 1.165) is 5.41 Å². The van der Waals surface area contributed by atoms with Crippen LogP contribution < -0.4 is 0 Å². The van der Waals surface area contributed by atoms with Gasteiger partial charge in [0.2, 0.25) is 0 Å². The van der Waals surface area contributed by atoms with Crippen molar-refractivity contribution in [2.24, 2.45) is 5.41 Å². The Balaban J connectivity index is 0.000000509. The molecule has 0 heteroatoms. The molecule has 0 aromatic heterocycles. The molecule has 0 aliphatic heterocycles. The molecule has 0 bridgehead atoms. The predicted molar refractivity (Wildman–Crippen MR) is 75.8 cm³/mol. The molecule has 0 heterocycles. The minimum absolute atomic E-state index is 0.761. The quantitative estimate of drug-likeness (QED) is 0.435. The van der Waals surface area contributed by atoms with Crippen LogP contribution in [0.15, 0.2) is 11.6 Å². The van der Waals surface area contributed by atoms with Gasteiger partial charge in [0.15, 0.2) is 0 Å². The van der Waals surface area contributed by atoms with Crippen molar-refractivity contribution < 1.29 is 0 Å². The lowest BCUT2D eigenvalue weighted by Gasteiger charge is -2.40. The molecule has 1 saturated carbocycles. The summed E-state index contributed by atoms with van der Waals surface area (Å²) in [6.07, 6.45) is 14.2. The molecule has 0 saturated heterocycles. The molecule has 0 amide bonds. The Morgan fingerprint density at radius 2 is 1.44 bits per heavy atom. The van der Waals surface area contributed by atoms with E-state index in [2.05, 4.69) is 13.0 Å². The van der Waals surface area contributed by atoms with Crippen molar-refractivity contribution in [3.8, 4) is 0 Å².